The van der Waals surface area contributed by atoms with E-state index < -0.39 is 0 Å². The maximum Gasteiger partial charge on any atom is 0.274 e. The number of halogens is 1. The minimum absolute atomic E-state index is 0.0157. The molecule has 200 valence electrons. The molecule has 0 radical (unpaired) electrons. The van der Waals surface area contributed by atoms with Crippen molar-refractivity contribution >= 4 is 11.8 Å². The van der Waals surface area contributed by atoms with Gasteiger partial charge in [-0.25, -0.2) is 4.39 Å². The summed E-state index contributed by atoms with van der Waals surface area (Å²) in [5, 5.41) is 14.1. The predicted molar refractivity (Wildman–Crippen MR) is 133 cm³/mol. The highest BCUT2D eigenvalue weighted by Gasteiger charge is 2.32. The van der Waals surface area contributed by atoms with Gasteiger partial charge in [0.1, 0.15) is 24.2 Å². The zero-order valence-electron chi connectivity index (χ0n) is 21.3. The van der Waals surface area contributed by atoms with Crippen molar-refractivity contribution in [1.29, 1.82) is 0 Å². The first-order chi connectivity index (χ1) is 17.9. The van der Waals surface area contributed by atoms with Gasteiger partial charge in [-0.15, -0.1) is 0 Å². The molecular formula is C27H35FN4O5. The molecule has 0 bridgehead atoms. The summed E-state index contributed by atoms with van der Waals surface area (Å²) in [5.74, 6) is 0.227. The number of rotatable bonds is 6. The molecule has 0 spiro atoms. The average molecular weight is 515 g/mol. The van der Waals surface area contributed by atoms with Crippen molar-refractivity contribution in [2.24, 2.45) is 0 Å². The molecular weight excluding hydrogens is 479 g/mol. The molecule has 2 fully saturated rings. The van der Waals surface area contributed by atoms with E-state index in [0.717, 1.165) is 42.5 Å². The Kier molecular flexibility index (Phi) is 7.76. The van der Waals surface area contributed by atoms with Crippen molar-refractivity contribution in [3.05, 3.63) is 46.5 Å². The van der Waals surface area contributed by atoms with Crippen LogP contribution in [-0.2, 0) is 28.9 Å². The Morgan fingerprint density at radius 2 is 1.95 bits per heavy atom. The van der Waals surface area contributed by atoms with Crippen LogP contribution >= 0.6 is 0 Å². The lowest BCUT2D eigenvalue weighted by Crippen LogP contribution is -2.47. The maximum absolute atomic E-state index is 13.4. The number of aromatic nitrogens is 2. The summed E-state index contributed by atoms with van der Waals surface area (Å²) < 4.78 is 26.7. The highest BCUT2D eigenvalue weighted by molar-refractivity contribution is 5.94. The molecule has 1 aromatic carbocycles. The number of fused-ring (bicyclic) bond motifs is 1. The van der Waals surface area contributed by atoms with E-state index in [0.29, 0.717) is 57.1 Å². The third-order valence-electron chi connectivity index (χ3n) is 7.60. The number of nitrogens with zero attached hydrogens (tertiary/aromatic N) is 4. The predicted octanol–water partition coefficient (Wildman–Crippen LogP) is 2.11. The molecule has 2 aromatic rings. The second kappa shape index (κ2) is 11.2. The number of ether oxygens (including phenoxy) is 2. The topological polar surface area (TPSA) is 97.1 Å². The van der Waals surface area contributed by atoms with E-state index in [1.165, 1.54) is 12.1 Å². The number of piperidine rings is 1. The summed E-state index contributed by atoms with van der Waals surface area (Å²) in [6.45, 7) is 4.15. The van der Waals surface area contributed by atoms with E-state index in [1.54, 1.807) is 15.6 Å². The molecule has 2 amide bonds. The van der Waals surface area contributed by atoms with Crippen LogP contribution in [0.2, 0.25) is 0 Å². The van der Waals surface area contributed by atoms with Crippen molar-refractivity contribution in [2.75, 3.05) is 39.4 Å². The number of hydrogen-bond donors (Lipinski definition) is 1. The van der Waals surface area contributed by atoms with Gasteiger partial charge in [0.25, 0.3) is 5.91 Å². The van der Waals surface area contributed by atoms with E-state index in [1.807, 2.05) is 11.8 Å². The van der Waals surface area contributed by atoms with Crippen LogP contribution in [-0.4, -0.2) is 88.1 Å². The van der Waals surface area contributed by atoms with Gasteiger partial charge in [0.15, 0.2) is 5.69 Å². The largest absolute Gasteiger partial charge is 0.490 e. The van der Waals surface area contributed by atoms with Gasteiger partial charge in [-0.3, -0.25) is 14.3 Å². The molecule has 9 nitrogen and oxygen atoms in total. The Labute approximate surface area is 216 Å². The van der Waals surface area contributed by atoms with Crippen LogP contribution in [0.15, 0.2) is 18.2 Å². The molecule has 5 rings (SSSR count). The summed E-state index contributed by atoms with van der Waals surface area (Å²) in [5.41, 5.74) is 3.14. The van der Waals surface area contributed by atoms with E-state index in [2.05, 4.69) is 5.10 Å². The molecule has 3 aliphatic rings. The van der Waals surface area contributed by atoms with Crippen molar-refractivity contribution < 1.29 is 28.6 Å². The van der Waals surface area contributed by atoms with Gasteiger partial charge in [-0.1, -0.05) is 0 Å². The quantitative estimate of drug-likeness (QED) is 0.634. The Morgan fingerprint density at radius 1 is 1.16 bits per heavy atom. The number of likely N-dealkylation sites (tertiary alicyclic amines) is 1. The molecule has 1 atom stereocenters. The van der Waals surface area contributed by atoms with Gasteiger partial charge in [-0.05, 0) is 56.4 Å². The number of hydrogen-bond acceptors (Lipinski definition) is 6. The number of aryl methyl sites for hydroxylation is 1. The molecule has 0 unspecified atom stereocenters. The van der Waals surface area contributed by atoms with Crippen LogP contribution in [0.3, 0.4) is 0 Å². The van der Waals surface area contributed by atoms with Crippen molar-refractivity contribution in [2.45, 2.75) is 64.2 Å². The number of aliphatic hydroxyl groups is 1. The number of carbonyl (C=O) groups is 2. The second-order valence-electron chi connectivity index (χ2n) is 10.2. The number of carbonyl (C=O) groups excluding carboxylic acids is 2. The van der Waals surface area contributed by atoms with Gasteiger partial charge in [0.05, 0.1) is 19.3 Å². The van der Waals surface area contributed by atoms with Crippen LogP contribution in [0.4, 0.5) is 4.39 Å². The Bertz CT molecular complexity index is 1140. The number of benzene rings is 1. The smallest absolute Gasteiger partial charge is 0.274 e. The first-order valence-electron chi connectivity index (χ1n) is 13.2. The zero-order chi connectivity index (χ0) is 25.9. The Hall–Kier alpha value is -2.98. The minimum atomic E-state index is -0.379. The normalized spacial score (nSPS) is 20.6. The first kappa shape index (κ1) is 25.7. The third-order valence-corrected chi connectivity index (χ3v) is 7.60. The van der Waals surface area contributed by atoms with E-state index in [4.69, 9.17) is 9.47 Å². The van der Waals surface area contributed by atoms with Crippen LogP contribution in [0.1, 0.15) is 53.0 Å². The molecule has 3 heterocycles. The van der Waals surface area contributed by atoms with Crippen LogP contribution < -0.4 is 4.74 Å². The second-order valence-corrected chi connectivity index (χ2v) is 10.2. The Balaban J connectivity index is 1.22. The van der Waals surface area contributed by atoms with Crippen LogP contribution in [0.5, 0.6) is 5.75 Å². The summed E-state index contributed by atoms with van der Waals surface area (Å²) >= 11 is 0. The molecule has 2 saturated heterocycles. The maximum atomic E-state index is 13.4. The van der Waals surface area contributed by atoms with Crippen molar-refractivity contribution in [1.82, 2.24) is 19.6 Å². The van der Waals surface area contributed by atoms with Gasteiger partial charge in [-0.2, -0.15) is 5.10 Å². The average Bonchev–Trinajstić information content (AvgIpc) is 3.28. The van der Waals surface area contributed by atoms with Crippen molar-refractivity contribution in [3.63, 3.8) is 0 Å². The molecule has 1 aliphatic carbocycles. The van der Waals surface area contributed by atoms with Crippen molar-refractivity contribution in [3.8, 4) is 5.75 Å². The number of aliphatic hydroxyl groups excluding tert-OH is 1. The fraction of sp³-hybridized carbons (Fsp3) is 0.593. The summed E-state index contributed by atoms with van der Waals surface area (Å²) in [6.07, 6.45) is 4.59. The standard InChI is InChI=1S/C27H35FN4O5/c1-18-14-19(28)6-7-24(18)37-20-8-10-30(11-9-20)25(34)16-32-23-5-3-2-4-22(23)26(29-32)27(35)31-12-13-36-21(15-31)17-33/h6-7,14,20-21,33H,2-5,8-13,15-17H2,1H3/t21-/m1/s1. The molecule has 1 aromatic heterocycles. The zero-order valence-corrected chi connectivity index (χ0v) is 21.3. The lowest BCUT2D eigenvalue weighted by atomic mass is 9.95. The van der Waals surface area contributed by atoms with E-state index in [-0.39, 0.29) is 43.0 Å². The lowest BCUT2D eigenvalue weighted by Gasteiger charge is -2.32. The van der Waals surface area contributed by atoms with Gasteiger partial charge >= 0.3 is 0 Å². The van der Waals surface area contributed by atoms with Gasteiger partial charge in [0, 0.05) is 50.3 Å². The fourth-order valence-corrected chi connectivity index (χ4v) is 5.51. The monoisotopic (exact) mass is 514 g/mol. The fourth-order valence-electron chi connectivity index (χ4n) is 5.51. The Morgan fingerprint density at radius 3 is 2.70 bits per heavy atom. The highest BCUT2D eigenvalue weighted by atomic mass is 19.1. The molecule has 10 heteroatoms. The highest BCUT2D eigenvalue weighted by Crippen LogP contribution is 2.27. The molecule has 0 saturated carbocycles. The lowest BCUT2D eigenvalue weighted by molar-refractivity contribution is -0.133. The van der Waals surface area contributed by atoms with E-state index >= 15 is 0 Å². The molecule has 37 heavy (non-hydrogen) atoms. The summed E-state index contributed by atoms with van der Waals surface area (Å²) in [7, 11) is 0. The molecule has 2 aliphatic heterocycles. The van der Waals surface area contributed by atoms with Gasteiger partial charge in [0.2, 0.25) is 5.91 Å². The summed E-state index contributed by atoms with van der Waals surface area (Å²) in [6, 6.07) is 4.51. The van der Waals surface area contributed by atoms with Crippen LogP contribution in [0, 0.1) is 12.7 Å². The third kappa shape index (κ3) is 5.65. The SMILES string of the molecule is Cc1cc(F)ccc1OC1CCN(C(=O)Cn2nc(C(=O)N3CCO[C@@H](CO)C3)c3c2CCCC3)CC1. The van der Waals surface area contributed by atoms with E-state index in [9.17, 15) is 19.1 Å². The van der Waals surface area contributed by atoms with Gasteiger partial charge < -0.3 is 24.4 Å². The first-order valence-corrected chi connectivity index (χ1v) is 13.2. The number of morpholine rings is 1. The van der Waals surface area contributed by atoms with Crippen LogP contribution in [0.25, 0.3) is 0 Å². The molecule has 1 N–H and O–H groups in total. The number of amides is 2. The minimum Gasteiger partial charge on any atom is -0.490 e. The summed E-state index contributed by atoms with van der Waals surface area (Å²) in [4.78, 5) is 30.1.